The van der Waals surface area contributed by atoms with Gasteiger partial charge in [0.05, 0.1) is 6.21 Å². The summed E-state index contributed by atoms with van der Waals surface area (Å²) < 4.78 is 0. The predicted octanol–water partition coefficient (Wildman–Crippen LogP) is 3.72. The van der Waals surface area contributed by atoms with Crippen LogP contribution in [-0.4, -0.2) is 12.1 Å². The number of nitrogens with one attached hydrogen (secondary N) is 1. The molecule has 20 heavy (non-hydrogen) atoms. The SMILES string of the molecule is Cc1ccc(C)c(/C=N\NC(=O)c2cccc(Cl)c2)c1. The van der Waals surface area contributed by atoms with E-state index < -0.39 is 0 Å². The molecule has 102 valence electrons. The molecular weight excluding hydrogens is 272 g/mol. The summed E-state index contributed by atoms with van der Waals surface area (Å²) in [6.45, 7) is 4.01. The van der Waals surface area contributed by atoms with E-state index >= 15 is 0 Å². The molecule has 0 heterocycles. The predicted molar refractivity (Wildman–Crippen MR) is 82.4 cm³/mol. The summed E-state index contributed by atoms with van der Waals surface area (Å²) in [6.07, 6.45) is 1.64. The summed E-state index contributed by atoms with van der Waals surface area (Å²) in [7, 11) is 0. The lowest BCUT2D eigenvalue weighted by Gasteiger charge is -2.02. The van der Waals surface area contributed by atoms with Crippen molar-refractivity contribution in [3.05, 3.63) is 69.7 Å². The van der Waals surface area contributed by atoms with Crippen LogP contribution in [-0.2, 0) is 0 Å². The van der Waals surface area contributed by atoms with Crippen LogP contribution >= 0.6 is 11.6 Å². The van der Waals surface area contributed by atoms with Crippen LogP contribution in [0, 0.1) is 13.8 Å². The zero-order valence-corrected chi connectivity index (χ0v) is 12.1. The van der Waals surface area contributed by atoms with E-state index in [1.54, 1.807) is 30.5 Å². The van der Waals surface area contributed by atoms with Gasteiger partial charge in [0, 0.05) is 10.6 Å². The van der Waals surface area contributed by atoms with Gasteiger partial charge < -0.3 is 0 Å². The summed E-state index contributed by atoms with van der Waals surface area (Å²) >= 11 is 5.84. The van der Waals surface area contributed by atoms with Crippen LogP contribution in [0.5, 0.6) is 0 Å². The minimum atomic E-state index is -0.283. The van der Waals surface area contributed by atoms with Crippen molar-refractivity contribution in [2.24, 2.45) is 5.10 Å². The lowest BCUT2D eigenvalue weighted by molar-refractivity contribution is 0.0955. The van der Waals surface area contributed by atoms with Gasteiger partial charge in [0.25, 0.3) is 5.91 Å². The van der Waals surface area contributed by atoms with E-state index in [4.69, 9.17) is 11.6 Å². The standard InChI is InChI=1S/C16H15ClN2O/c1-11-6-7-12(2)14(8-11)10-18-19-16(20)13-4-3-5-15(17)9-13/h3-10H,1-2H3,(H,19,20)/b18-10-. The number of benzene rings is 2. The number of hydrogen-bond acceptors (Lipinski definition) is 2. The normalized spacial score (nSPS) is 10.8. The highest BCUT2D eigenvalue weighted by Gasteiger charge is 2.04. The van der Waals surface area contributed by atoms with Gasteiger partial charge >= 0.3 is 0 Å². The number of nitrogens with zero attached hydrogens (tertiary/aromatic N) is 1. The number of hydrazone groups is 1. The molecule has 3 nitrogen and oxygen atoms in total. The van der Waals surface area contributed by atoms with Crippen molar-refractivity contribution in [1.82, 2.24) is 5.43 Å². The monoisotopic (exact) mass is 286 g/mol. The Bertz CT molecular complexity index is 665. The first-order valence-corrected chi connectivity index (χ1v) is 6.60. The molecule has 0 fully saturated rings. The minimum absolute atomic E-state index is 0.283. The Balaban J connectivity index is 2.06. The van der Waals surface area contributed by atoms with Gasteiger partial charge in [0.15, 0.2) is 0 Å². The Kier molecular flexibility index (Phi) is 4.53. The second kappa shape index (κ2) is 6.35. The molecule has 0 saturated heterocycles. The van der Waals surface area contributed by atoms with Crippen molar-refractivity contribution in [2.75, 3.05) is 0 Å². The average molecular weight is 287 g/mol. The van der Waals surface area contributed by atoms with Gasteiger partial charge in [-0.2, -0.15) is 5.10 Å². The van der Waals surface area contributed by atoms with Gasteiger partial charge in [-0.05, 0) is 43.2 Å². The molecular formula is C16H15ClN2O. The zero-order valence-electron chi connectivity index (χ0n) is 11.4. The van der Waals surface area contributed by atoms with Gasteiger partial charge in [-0.15, -0.1) is 0 Å². The van der Waals surface area contributed by atoms with Gasteiger partial charge in [-0.1, -0.05) is 41.4 Å². The Morgan fingerprint density at radius 2 is 2.00 bits per heavy atom. The number of carbonyl (C=O) groups is 1. The second-order valence-electron chi connectivity index (χ2n) is 4.57. The maximum atomic E-state index is 11.9. The lowest BCUT2D eigenvalue weighted by atomic mass is 10.1. The van der Waals surface area contributed by atoms with Crippen molar-refractivity contribution < 1.29 is 4.79 Å². The Morgan fingerprint density at radius 3 is 2.75 bits per heavy atom. The highest BCUT2D eigenvalue weighted by atomic mass is 35.5. The van der Waals surface area contributed by atoms with Crippen LogP contribution in [0.1, 0.15) is 27.0 Å². The topological polar surface area (TPSA) is 41.5 Å². The number of rotatable bonds is 3. The maximum Gasteiger partial charge on any atom is 0.271 e. The highest BCUT2D eigenvalue weighted by Crippen LogP contribution is 2.10. The smallest absolute Gasteiger partial charge is 0.267 e. The van der Waals surface area contributed by atoms with Crippen molar-refractivity contribution >= 4 is 23.7 Å². The third-order valence-electron chi connectivity index (χ3n) is 2.89. The molecule has 0 unspecified atom stereocenters. The number of amides is 1. The molecule has 2 aromatic rings. The summed E-state index contributed by atoms with van der Waals surface area (Å²) in [5, 5.41) is 4.51. The number of hydrogen-bond donors (Lipinski definition) is 1. The van der Waals surface area contributed by atoms with E-state index in [-0.39, 0.29) is 5.91 Å². The molecule has 0 aromatic heterocycles. The molecule has 0 aliphatic carbocycles. The van der Waals surface area contributed by atoms with Gasteiger partial charge in [0.1, 0.15) is 0 Å². The molecule has 1 amide bonds. The second-order valence-corrected chi connectivity index (χ2v) is 5.01. The molecule has 0 spiro atoms. The van der Waals surface area contributed by atoms with E-state index in [9.17, 15) is 4.79 Å². The van der Waals surface area contributed by atoms with Crippen molar-refractivity contribution in [1.29, 1.82) is 0 Å². The number of carbonyl (C=O) groups excluding carboxylic acids is 1. The molecule has 0 aliphatic heterocycles. The van der Waals surface area contributed by atoms with Gasteiger partial charge in [-0.3, -0.25) is 4.79 Å². The first-order chi connectivity index (χ1) is 9.56. The molecule has 4 heteroatoms. The first-order valence-electron chi connectivity index (χ1n) is 6.22. The summed E-state index contributed by atoms with van der Waals surface area (Å²) in [5.74, 6) is -0.283. The van der Waals surface area contributed by atoms with Gasteiger partial charge in [0.2, 0.25) is 0 Å². The van der Waals surface area contributed by atoms with Crippen molar-refractivity contribution in [3.8, 4) is 0 Å². The first kappa shape index (κ1) is 14.3. The average Bonchev–Trinajstić information content (AvgIpc) is 2.42. The third-order valence-corrected chi connectivity index (χ3v) is 3.13. The largest absolute Gasteiger partial charge is 0.271 e. The van der Waals surface area contributed by atoms with Crippen LogP contribution in [0.15, 0.2) is 47.6 Å². The van der Waals surface area contributed by atoms with Crippen LogP contribution in [0.25, 0.3) is 0 Å². The molecule has 0 atom stereocenters. The molecule has 0 aliphatic rings. The van der Waals surface area contributed by atoms with E-state index in [0.717, 1.165) is 16.7 Å². The van der Waals surface area contributed by atoms with E-state index in [0.29, 0.717) is 10.6 Å². The van der Waals surface area contributed by atoms with E-state index in [2.05, 4.69) is 10.5 Å². The fraction of sp³-hybridized carbons (Fsp3) is 0.125. The van der Waals surface area contributed by atoms with Crippen LogP contribution in [0.2, 0.25) is 5.02 Å². The van der Waals surface area contributed by atoms with Gasteiger partial charge in [-0.25, -0.2) is 5.43 Å². The van der Waals surface area contributed by atoms with Crippen LogP contribution in [0.4, 0.5) is 0 Å². The molecule has 0 saturated carbocycles. The maximum absolute atomic E-state index is 11.9. The highest BCUT2D eigenvalue weighted by molar-refractivity contribution is 6.30. The summed E-state index contributed by atoms with van der Waals surface area (Å²) in [5.41, 5.74) is 6.22. The Hall–Kier alpha value is -2.13. The summed E-state index contributed by atoms with van der Waals surface area (Å²) in [6, 6.07) is 12.8. The number of aryl methyl sites for hydroxylation is 2. The fourth-order valence-corrected chi connectivity index (χ4v) is 1.94. The molecule has 2 aromatic carbocycles. The minimum Gasteiger partial charge on any atom is -0.267 e. The van der Waals surface area contributed by atoms with Crippen LogP contribution < -0.4 is 5.43 Å². The lowest BCUT2D eigenvalue weighted by Crippen LogP contribution is -2.17. The Morgan fingerprint density at radius 1 is 1.20 bits per heavy atom. The Labute approximate surface area is 123 Å². The quantitative estimate of drug-likeness (QED) is 0.678. The summed E-state index contributed by atoms with van der Waals surface area (Å²) in [4.78, 5) is 11.9. The van der Waals surface area contributed by atoms with E-state index in [1.807, 2.05) is 32.0 Å². The third kappa shape index (κ3) is 3.68. The van der Waals surface area contributed by atoms with Crippen molar-refractivity contribution in [3.63, 3.8) is 0 Å². The molecule has 2 rings (SSSR count). The van der Waals surface area contributed by atoms with Crippen LogP contribution in [0.3, 0.4) is 0 Å². The molecule has 0 radical (unpaired) electrons. The van der Waals surface area contributed by atoms with Crippen molar-refractivity contribution in [2.45, 2.75) is 13.8 Å². The molecule has 1 N–H and O–H groups in total. The zero-order chi connectivity index (χ0) is 14.5. The number of halogens is 1. The fourth-order valence-electron chi connectivity index (χ4n) is 1.75. The molecule has 0 bridgehead atoms. The van der Waals surface area contributed by atoms with E-state index in [1.165, 1.54) is 0 Å².